The van der Waals surface area contributed by atoms with E-state index in [2.05, 4.69) is 5.32 Å². The number of rotatable bonds is 4. The molecular formula is C16H20FNO2. The van der Waals surface area contributed by atoms with Gasteiger partial charge >= 0.3 is 0 Å². The van der Waals surface area contributed by atoms with Crippen LogP contribution in [0.4, 0.5) is 4.39 Å². The fourth-order valence-corrected chi connectivity index (χ4v) is 3.92. The lowest BCUT2D eigenvalue weighted by molar-refractivity contribution is -0.122. The van der Waals surface area contributed by atoms with Gasteiger partial charge in [0.2, 0.25) is 5.91 Å². The Labute approximate surface area is 118 Å². The van der Waals surface area contributed by atoms with Crippen LogP contribution in [0, 0.1) is 23.6 Å². The lowest BCUT2D eigenvalue weighted by Crippen LogP contribution is -2.45. The molecule has 2 fully saturated rings. The van der Waals surface area contributed by atoms with E-state index in [-0.39, 0.29) is 36.7 Å². The second-order valence-corrected chi connectivity index (χ2v) is 6.08. The zero-order valence-electron chi connectivity index (χ0n) is 11.4. The first kappa shape index (κ1) is 13.6. The number of benzene rings is 1. The number of aliphatic hydroxyl groups is 1. The van der Waals surface area contributed by atoms with Gasteiger partial charge in [-0.15, -0.1) is 0 Å². The van der Waals surface area contributed by atoms with Crippen molar-refractivity contribution in [3.8, 4) is 0 Å². The molecule has 20 heavy (non-hydrogen) atoms. The summed E-state index contributed by atoms with van der Waals surface area (Å²) in [5, 5.41) is 12.6. The largest absolute Gasteiger partial charge is 0.396 e. The van der Waals surface area contributed by atoms with Gasteiger partial charge in [0.15, 0.2) is 0 Å². The van der Waals surface area contributed by atoms with Crippen LogP contribution in [0.3, 0.4) is 0 Å². The van der Waals surface area contributed by atoms with Crippen LogP contribution in [0.5, 0.6) is 0 Å². The maximum Gasteiger partial charge on any atom is 0.224 e. The molecule has 2 N–H and O–H groups in total. The highest BCUT2D eigenvalue weighted by Crippen LogP contribution is 2.48. The smallest absolute Gasteiger partial charge is 0.224 e. The van der Waals surface area contributed by atoms with Crippen molar-refractivity contribution in [2.75, 3.05) is 6.61 Å². The molecule has 4 atom stereocenters. The Morgan fingerprint density at radius 1 is 1.25 bits per heavy atom. The summed E-state index contributed by atoms with van der Waals surface area (Å²) in [6.07, 6.45) is 3.74. The average Bonchev–Trinajstić information content (AvgIpc) is 3.02. The molecule has 3 nitrogen and oxygen atoms in total. The fourth-order valence-electron chi connectivity index (χ4n) is 3.92. The molecule has 2 saturated carbocycles. The van der Waals surface area contributed by atoms with Crippen molar-refractivity contribution in [1.82, 2.24) is 5.32 Å². The van der Waals surface area contributed by atoms with Crippen LogP contribution < -0.4 is 5.32 Å². The normalized spacial score (nSPS) is 31.5. The molecule has 0 saturated heterocycles. The third-order valence-electron chi connectivity index (χ3n) is 4.90. The zero-order chi connectivity index (χ0) is 14.1. The SMILES string of the molecule is O=C(Cc1ccc(F)cc1)NC1C2CCC(C2)C1CO. The van der Waals surface area contributed by atoms with Crippen LogP contribution in [0.25, 0.3) is 0 Å². The predicted octanol–water partition coefficient (Wildman–Crippen LogP) is 1.89. The van der Waals surface area contributed by atoms with Gasteiger partial charge in [0, 0.05) is 18.6 Å². The summed E-state index contributed by atoms with van der Waals surface area (Å²) in [6.45, 7) is 0.155. The van der Waals surface area contributed by atoms with Crippen molar-refractivity contribution >= 4 is 5.91 Å². The molecule has 4 unspecified atom stereocenters. The topological polar surface area (TPSA) is 49.3 Å². The van der Waals surface area contributed by atoms with E-state index >= 15 is 0 Å². The van der Waals surface area contributed by atoms with Crippen molar-refractivity contribution in [1.29, 1.82) is 0 Å². The Balaban J connectivity index is 1.60. The van der Waals surface area contributed by atoms with Gasteiger partial charge in [-0.25, -0.2) is 4.39 Å². The highest BCUT2D eigenvalue weighted by Gasteiger charge is 2.47. The minimum absolute atomic E-state index is 0.0346. The molecule has 2 aliphatic carbocycles. The van der Waals surface area contributed by atoms with Crippen LogP contribution in [0.2, 0.25) is 0 Å². The van der Waals surface area contributed by atoms with Crippen LogP contribution >= 0.6 is 0 Å². The van der Waals surface area contributed by atoms with Gasteiger partial charge in [-0.2, -0.15) is 0 Å². The predicted molar refractivity (Wildman–Crippen MR) is 73.4 cm³/mol. The minimum atomic E-state index is -0.289. The molecule has 3 rings (SSSR count). The van der Waals surface area contributed by atoms with E-state index in [1.54, 1.807) is 12.1 Å². The molecule has 0 radical (unpaired) electrons. The molecule has 0 aliphatic heterocycles. The second kappa shape index (κ2) is 5.52. The van der Waals surface area contributed by atoms with Crippen molar-refractivity contribution in [3.63, 3.8) is 0 Å². The molecule has 2 bridgehead atoms. The second-order valence-electron chi connectivity index (χ2n) is 6.08. The van der Waals surface area contributed by atoms with Gasteiger partial charge in [-0.1, -0.05) is 12.1 Å². The van der Waals surface area contributed by atoms with Crippen LogP contribution in [-0.4, -0.2) is 23.7 Å². The number of amides is 1. The van der Waals surface area contributed by atoms with E-state index in [4.69, 9.17) is 0 Å². The maximum absolute atomic E-state index is 12.8. The minimum Gasteiger partial charge on any atom is -0.396 e. The summed E-state index contributed by atoms with van der Waals surface area (Å²) in [4.78, 5) is 12.1. The Kier molecular flexibility index (Phi) is 3.74. The molecule has 0 aromatic heterocycles. The lowest BCUT2D eigenvalue weighted by atomic mass is 9.85. The summed E-state index contributed by atoms with van der Waals surface area (Å²) < 4.78 is 12.8. The number of hydrogen-bond acceptors (Lipinski definition) is 2. The Hall–Kier alpha value is -1.42. The highest BCUT2D eigenvalue weighted by molar-refractivity contribution is 5.79. The third kappa shape index (κ3) is 2.57. The molecule has 1 aromatic carbocycles. The van der Waals surface area contributed by atoms with Gasteiger partial charge < -0.3 is 10.4 Å². The monoisotopic (exact) mass is 277 g/mol. The van der Waals surface area contributed by atoms with E-state index in [1.165, 1.54) is 18.6 Å². The highest BCUT2D eigenvalue weighted by atomic mass is 19.1. The van der Waals surface area contributed by atoms with Crippen molar-refractivity contribution in [2.45, 2.75) is 31.7 Å². The molecule has 0 spiro atoms. The molecule has 2 aliphatic rings. The summed E-state index contributed by atoms with van der Waals surface area (Å²) in [5.74, 6) is 0.983. The van der Waals surface area contributed by atoms with Crippen molar-refractivity contribution in [3.05, 3.63) is 35.6 Å². The van der Waals surface area contributed by atoms with Gasteiger partial charge in [0.25, 0.3) is 0 Å². The Morgan fingerprint density at radius 2 is 1.95 bits per heavy atom. The lowest BCUT2D eigenvalue weighted by Gasteiger charge is -2.30. The molecule has 4 heteroatoms. The van der Waals surface area contributed by atoms with Crippen LogP contribution in [0.1, 0.15) is 24.8 Å². The summed E-state index contributed by atoms with van der Waals surface area (Å²) in [7, 11) is 0. The van der Waals surface area contributed by atoms with Gasteiger partial charge in [-0.05, 0) is 48.8 Å². The van der Waals surface area contributed by atoms with Gasteiger partial charge in [0.1, 0.15) is 5.82 Å². The Bertz CT molecular complexity index is 488. The number of carbonyl (C=O) groups is 1. The fraction of sp³-hybridized carbons (Fsp3) is 0.562. The van der Waals surface area contributed by atoms with E-state index in [9.17, 15) is 14.3 Å². The average molecular weight is 277 g/mol. The van der Waals surface area contributed by atoms with E-state index in [0.717, 1.165) is 18.4 Å². The third-order valence-corrected chi connectivity index (χ3v) is 4.90. The molecule has 108 valence electrons. The van der Waals surface area contributed by atoms with Crippen LogP contribution in [-0.2, 0) is 11.2 Å². The van der Waals surface area contributed by atoms with E-state index in [0.29, 0.717) is 11.8 Å². The first-order valence-electron chi connectivity index (χ1n) is 7.32. The quantitative estimate of drug-likeness (QED) is 0.883. The van der Waals surface area contributed by atoms with Gasteiger partial charge in [0.05, 0.1) is 6.42 Å². The van der Waals surface area contributed by atoms with Crippen molar-refractivity contribution in [2.24, 2.45) is 17.8 Å². The zero-order valence-corrected chi connectivity index (χ0v) is 11.4. The van der Waals surface area contributed by atoms with Gasteiger partial charge in [-0.3, -0.25) is 4.79 Å². The summed E-state index contributed by atoms with van der Waals surface area (Å²) in [5.41, 5.74) is 0.813. The number of fused-ring (bicyclic) bond motifs is 2. The number of halogens is 1. The van der Waals surface area contributed by atoms with Crippen molar-refractivity contribution < 1.29 is 14.3 Å². The standard InChI is InChI=1S/C16H20FNO2/c17-13-5-1-10(2-6-13)7-15(20)18-16-12-4-3-11(8-12)14(16)9-19/h1-2,5-6,11-12,14,16,19H,3-4,7-9H2,(H,18,20). The number of hydrogen-bond donors (Lipinski definition) is 2. The first-order chi connectivity index (χ1) is 9.67. The molecule has 0 heterocycles. The van der Waals surface area contributed by atoms with Crippen LogP contribution in [0.15, 0.2) is 24.3 Å². The molecular weight excluding hydrogens is 257 g/mol. The van der Waals surface area contributed by atoms with E-state index in [1.807, 2.05) is 0 Å². The number of nitrogens with one attached hydrogen (secondary N) is 1. The maximum atomic E-state index is 12.8. The number of carbonyl (C=O) groups excluding carboxylic acids is 1. The summed E-state index contributed by atoms with van der Waals surface area (Å²) in [6, 6.07) is 6.14. The van der Waals surface area contributed by atoms with E-state index < -0.39 is 0 Å². The molecule has 1 amide bonds. The summed E-state index contributed by atoms with van der Waals surface area (Å²) >= 11 is 0. The Morgan fingerprint density at radius 3 is 2.65 bits per heavy atom. The number of aliphatic hydroxyl groups excluding tert-OH is 1. The first-order valence-corrected chi connectivity index (χ1v) is 7.32. The molecule has 1 aromatic rings.